The largest absolute Gasteiger partial charge is 0.399 e. The van der Waals surface area contributed by atoms with Crippen LogP contribution < -0.4 is 11.2 Å². The average Bonchev–Trinajstić information content (AvgIpc) is 2.54. The van der Waals surface area contributed by atoms with E-state index >= 15 is 0 Å². The molecule has 4 heteroatoms. The molecule has 0 unspecified atom stereocenters. The zero-order valence-electron chi connectivity index (χ0n) is 11.7. The SMILES string of the molecule is Nc1ccc2nc3ccc(=O)cc-3n(-c3ccccc3)c2c1. The number of nitrogens with two attached hydrogens (primary N) is 1. The van der Waals surface area contributed by atoms with E-state index < -0.39 is 0 Å². The summed E-state index contributed by atoms with van der Waals surface area (Å²) in [5.74, 6) is 0. The predicted molar refractivity (Wildman–Crippen MR) is 88.4 cm³/mol. The Morgan fingerprint density at radius 3 is 2.55 bits per heavy atom. The fourth-order valence-corrected chi connectivity index (χ4v) is 2.71. The first-order chi connectivity index (χ1) is 10.7. The Balaban J connectivity index is 2.24. The van der Waals surface area contributed by atoms with Crippen molar-refractivity contribution in [3.63, 3.8) is 0 Å². The maximum Gasteiger partial charge on any atom is 0.180 e. The van der Waals surface area contributed by atoms with Gasteiger partial charge in [0.15, 0.2) is 5.43 Å². The van der Waals surface area contributed by atoms with Crippen LogP contribution in [0.5, 0.6) is 0 Å². The molecule has 1 aliphatic carbocycles. The van der Waals surface area contributed by atoms with Crippen LogP contribution in [0, 0.1) is 0 Å². The zero-order valence-corrected chi connectivity index (χ0v) is 11.7. The van der Waals surface area contributed by atoms with Crippen LogP contribution in [0.3, 0.4) is 0 Å². The Kier molecular flexibility index (Phi) is 2.69. The average molecular weight is 287 g/mol. The Bertz CT molecular complexity index is 1010. The lowest BCUT2D eigenvalue weighted by atomic mass is 10.1. The fourth-order valence-electron chi connectivity index (χ4n) is 2.71. The monoisotopic (exact) mass is 287 g/mol. The van der Waals surface area contributed by atoms with Gasteiger partial charge in [0.25, 0.3) is 0 Å². The summed E-state index contributed by atoms with van der Waals surface area (Å²) in [6.45, 7) is 0. The number of para-hydroxylation sites is 1. The van der Waals surface area contributed by atoms with Crippen molar-refractivity contribution in [3.05, 3.63) is 77.0 Å². The highest BCUT2D eigenvalue weighted by atomic mass is 16.1. The van der Waals surface area contributed by atoms with Gasteiger partial charge in [0.1, 0.15) is 0 Å². The number of nitrogens with zero attached hydrogens (tertiary/aromatic N) is 2. The van der Waals surface area contributed by atoms with Gasteiger partial charge in [-0.1, -0.05) is 18.2 Å². The minimum Gasteiger partial charge on any atom is -0.399 e. The Morgan fingerprint density at radius 1 is 0.909 bits per heavy atom. The van der Waals surface area contributed by atoms with Crippen molar-refractivity contribution in [1.29, 1.82) is 0 Å². The van der Waals surface area contributed by atoms with Crippen LogP contribution in [-0.2, 0) is 0 Å². The number of nitrogen functional groups attached to an aromatic ring is 1. The molecule has 2 aromatic carbocycles. The normalized spacial score (nSPS) is 11.1. The third-order valence-corrected chi connectivity index (χ3v) is 3.68. The third kappa shape index (κ3) is 1.93. The van der Waals surface area contributed by atoms with E-state index in [2.05, 4.69) is 4.98 Å². The first-order valence-electron chi connectivity index (χ1n) is 7.00. The van der Waals surface area contributed by atoms with E-state index in [-0.39, 0.29) is 5.43 Å². The van der Waals surface area contributed by atoms with Gasteiger partial charge in [-0.15, -0.1) is 0 Å². The molecule has 0 fully saturated rings. The van der Waals surface area contributed by atoms with Crippen molar-refractivity contribution in [1.82, 2.24) is 9.55 Å². The van der Waals surface area contributed by atoms with E-state index in [4.69, 9.17) is 5.73 Å². The van der Waals surface area contributed by atoms with Crippen LogP contribution in [0.4, 0.5) is 5.69 Å². The number of benzene rings is 3. The molecule has 2 aliphatic rings. The molecule has 1 heterocycles. The second kappa shape index (κ2) is 4.70. The molecule has 0 saturated carbocycles. The topological polar surface area (TPSA) is 60.9 Å². The molecule has 106 valence electrons. The predicted octanol–water partition coefficient (Wildman–Crippen LogP) is 3.07. The minimum atomic E-state index is -0.0396. The van der Waals surface area contributed by atoms with Crippen LogP contribution in [0.25, 0.3) is 28.1 Å². The second-order valence-corrected chi connectivity index (χ2v) is 5.18. The first kappa shape index (κ1) is 12.6. The van der Waals surface area contributed by atoms with Crippen LogP contribution in [0.1, 0.15) is 0 Å². The van der Waals surface area contributed by atoms with E-state index in [0.717, 1.165) is 28.1 Å². The molecule has 2 aromatic rings. The van der Waals surface area contributed by atoms with Crippen molar-refractivity contribution in [2.75, 3.05) is 5.73 Å². The quantitative estimate of drug-likeness (QED) is 0.432. The molecule has 0 saturated heterocycles. The van der Waals surface area contributed by atoms with Gasteiger partial charge in [0.05, 0.1) is 22.4 Å². The molecule has 0 aromatic heterocycles. The molecular formula is C18H13N3O. The van der Waals surface area contributed by atoms with E-state index in [1.165, 1.54) is 6.07 Å². The van der Waals surface area contributed by atoms with Gasteiger partial charge in [-0.25, -0.2) is 4.98 Å². The first-order valence-corrected chi connectivity index (χ1v) is 7.00. The third-order valence-electron chi connectivity index (χ3n) is 3.68. The molecule has 22 heavy (non-hydrogen) atoms. The maximum atomic E-state index is 11.8. The van der Waals surface area contributed by atoms with E-state index in [1.54, 1.807) is 12.1 Å². The highest BCUT2D eigenvalue weighted by molar-refractivity contribution is 5.85. The lowest BCUT2D eigenvalue weighted by Gasteiger charge is -2.18. The highest BCUT2D eigenvalue weighted by Crippen LogP contribution is 2.28. The van der Waals surface area contributed by atoms with Gasteiger partial charge < -0.3 is 10.3 Å². The van der Waals surface area contributed by atoms with Crippen molar-refractivity contribution in [3.8, 4) is 17.1 Å². The van der Waals surface area contributed by atoms with E-state index in [1.807, 2.05) is 53.1 Å². The van der Waals surface area contributed by atoms with E-state index in [9.17, 15) is 4.79 Å². The number of hydrogen-bond acceptors (Lipinski definition) is 3. The Hall–Kier alpha value is -3.14. The van der Waals surface area contributed by atoms with Gasteiger partial charge in [-0.2, -0.15) is 0 Å². The fraction of sp³-hybridized carbons (Fsp3) is 0. The second-order valence-electron chi connectivity index (χ2n) is 5.18. The summed E-state index contributed by atoms with van der Waals surface area (Å²) in [6.07, 6.45) is 0. The molecule has 2 N–H and O–H groups in total. The summed E-state index contributed by atoms with van der Waals surface area (Å²) in [6, 6.07) is 20.4. The van der Waals surface area contributed by atoms with Crippen LogP contribution in [0.2, 0.25) is 0 Å². The molecule has 0 spiro atoms. The number of fused-ring (bicyclic) bond motifs is 2. The zero-order chi connectivity index (χ0) is 15.1. The van der Waals surface area contributed by atoms with Crippen LogP contribution in [0.15, 0.2) is 71.5 Å². The minimum absolute atomic E-state index is 0.0396. The van der Waals surface area contributed by atoms with Gasteiger partial charge >= 0.3 is 0 Å². The van der Waals surface area contributed by atoms with Gasteiger partial charge in [0.2, 0.25) is 0 Å². The summed E-state index contributed by atoms with van der Waals surface area (Å²) in [5.41, 5.74) is 10.8. The Morgan fingerprint density at radius 2 is 1.73 bits per heavy atom. The van der Waals surface area contributed by atoms with Crippen molar-refractivity contribution in [2.45, 2.75) is 0 Å². The highest BCUT2D eigenvalue weighted by Gasteiger charge is 2.14. The van der Waals surface area contributed by atoms with E-state index in [0.29, 0.717) is 5.69 Å². The van der Waals surface area contributed by atoms with Crippen LogP contribution >= 0.6 is 0 Å². The number of rotatable bonds is 1. The van der Waals surface area contributed by atoms with Gasteiger partial charge in [-0.05, 0) is 42.5 Å². The Labute approximate surface area is 126 Å². The number of hydrogen-bond donors (Lipinski definition) is 1. The molecule has 0 amide bonds. The molecule has 4 rings (SSSR count). The summed E-state index contributed by atoms with van der Waals surface area (Å²) in [5, 5.41) is 0. The molecule has 0 bridgehead atoms. The van der Waals surface area contributed by atoms with Crippen LogP contribution in [-0.4, -0.2) is 9.55 Å². The lowest BCUT2D eigenvalue weighted by molar-refractivity contribution is 1.08. The van der Waals surface area contributed by atoms with Crippen molar-refractivity contribution in [2.24, 2.45) is 0 Å². The number of anilines is 1. The molecular weight excluding hydrogens is 274 g/mol. The summed E-state index contributed by atoms with van der Waals surface area (Å²) in [4.78, 5) is 16.4. The molecule has 0 radical (unpaired) electrons. The maximum absolute atomic E-state index is 11.8. The molecule has 4 nitrogen and oxygen atoms in total. The van der Waals surface area contributed by atoms with Gasteiger partial charge in [-0.3, -0.25) is 4.79 Å². The smallest absolute Gasteiger partial charge is 0.180 e. The lowest BCUT2D eigenvalue weighted by Crippen LogP contribution is -2.09. The van der Waals surface area contributed by atoms with Crippen molar-refractivity contribution >= 4 is 16.7 Å². The summed E-state index contributed by atoms with van der Waals surface area (Å²) >= 11 is 0. The standard InChI is InChI=1S/C18H13N3O/c19-12-6-8-15-17(10-12)21(13-4-2-1-3-5-13)18-11-14(22)7-9-16(18)20-15/h1-11H,19H2. The van der Waals surface area contributed by atoms with Crippen molar-refractivity contribution < 1.29 is 0 Å². The van der Waals surface area contributed by atoms with Gasteiger partial charge in [0, 0.05) is 17.4 Å². The summed E-state index contributed by atoms with van der Waals surface area (Å²) in [7, 11) is 0. The summed E-state index contributed by atoms with van der Waals surface area (Å²) < 4.78 is 2.02. The molecule has 1 aliphatic heterocycles. The number of aromatic nitrogens is 2. The molecule has 0 atom stereocenters.